The highest BCUT2D eigenvalue weighted by atomic mass is 16.5. The number of carbonyl (C=O) groups excluding carboxylic acids is 1. The molecular weight excluding hydrogens is 414 g/mol. The van der Waals surface area contributed by atoms with E-state index in [-0.39, 0.29) is 12.2 Å². The SMILES string of the molecule is CCOC(=O)c1cc(CCc2ccccc2)n(-c2cccc(C(=O)O)c2)c1-c1ccccc1. The van der Waals surface area contributed by atoms with Crippen molar-refractivity contribution in [2.75, 3.05) is 6.61 Å². The summed E-state index contributed by atoms with van der Waals surface area (Å²) in [4.78, 5) is 24.6. The molecule has 0 fully saturated rings. The van der Waals surface area contributed by atoms with Gasteiger partial charge in [0.05, 0.1) is 23.4 Å². The lowest BCUT2D eigenvalue weighted by molar-refractivity contribution is 0.0526. The summed E-state index contributed by atoms with van der Waals surface area (Å²) in [6, 6.07) is 28.4. The van der Waals surface area contributed by atoms with Crippen molar-refractivity contribution in [1.29, 1.82) is 0 Å². The van der Waals surface area contributed by atoms with Crippen molar-refractivity contribution in [3.8, 4) is 16.9 Å². The molecule has 33 heavy (non-hydrogen) atoms. The van der Waals surface area contributed by atoms with Crippen LogP contribution >= 0.6 is 0 Å². The van der Waals surface area contributed by atoms with Gasteiger partial charge in [0.2, 0.25) is 0 Å². The van der Waals surface area contributed by atoms with E-state index >= 15 is 0 Å². The number of carboxylic acids is 1. The molecule has 1 aromatic heterocycles. The van der Waals surface area contributed by atoms with E-state index in [4.69, 9.17) is 4.74 Å². The average Bonchev–Trinajstić information content (AvgIpc) is 3.24. The summed E-state index contributed by atoms with van der Waals surface area (Å²) in [7, 11) is 0. The molecule has 0 aliphatic rings. The van der Waals surface area contributed by atoms with Crippen molar-refractivity contribution in [2.45, 2.75) is 19.8 Å². The van der Waals surface area contributed by atoms with E-state index < -0.39 is 11.9 Å². The second-order valence-electron chi connectivity index (χ2n) is 7.66. The quantitative estimate of drug-likeness (QED) is 0.352. The Morgan fingerprint density at radius 1 is 0.848 bits per heavy atom. The summed E-state index contributed by atoms with van der Waals surface area (Å²) >= 11 is 0. The highest BCUT2D eigenvalue weighted by Gasteiger charge is 2.24. The predicted octanol–water partition coefficient (Wildman–Crippen LogP) is 5.80. The van der Waals surface area contributed by atoms with Gasteiger partial charge in [0.25, 0.3) is 0 Å². The van der Waals surface area contributed by atoms with Crippen LogP contribution in [0.4, 0.5) is 0 Å². The molecule has 0 radical (unpaired) electrons. The van der Waals surface area contributed by atoms with Crippen molar-refractivity contribution in [1.82, 2.24) is 4.57 Å². The van der Waals surface area contributed by atoms with Gasteiger partial charge in [0.15, 0.2) is 0 Å². The van der Waals surface area contributed by atoms with Gasteiger partial charge in [-0.15, -0.1) is 0 Å². The second-order valence-corrected chi connectivity index (χ2v) is 7.66. The predicted molar refractivity (Wildman–Crippen MR) is 128 cm³/mol. The van der Waals surface area contributed by atoms with Crippen LogP contribution in [0.15, 0.2) is 91.0 Å². The van der Waals surface area contributed by atoms with Gasteiger partial charge in [-0.05, 0) is 55.2 Å². The molecule has 4 aromatic rings. The molecule has 0 atom stereocenters. The van der Waals surface area contributed by atoms with Gasteiger partial charge in [-0.25, -0.2) is 9.59 Å². The van der Waals surface area contributed by atoms with Crippen molar-refractivity contribution >= 4 is 11.9 Å². The maximum absolute atomic E-state index is 13.0. The fraction of sp³-hybridized carbons (Fsp3) is 0.143. The second kappa shape index (κ2) is 10.0. The van der Waals surface area contributed by atoms with E-state index in [1.54, 1.807) is 25.1 Å². The van der Waals surface area contributed by atoms with E-state index in [0.717, 1.165) is 17.7 Å². The van der Waals surface area contributed by atoms with Gasteiger partial charge in [-0.2, -0.15) is 0 Å². The summed E-state index contributed by atoms with van der Waals surface area (Å²) in [5, 5.41) is 9.54. The molecule has 3 aromatic carbocycles. The lowest BCUT2D eigenvalue weighted by Gasteiger charge is -2.16. The summed E-state index contributed by atoms with van der Waals surface area (Å²) in [6.45, 7) is 2.05. The van der Waals surface area contributed by atoms with Crippen molar-refractivity contribution in [2.24, 2.45) is 0 Å². The molecule has 166 valence electrons. The molecule has 5 heteroatoms. The molecular formula is C28H25NO4. The highest BCUT2D eigenvalue weighted by Crippen LogP contribution is 2.32. The van der Waals surface area contributed by atoms with Crippen LogP contribution in [0.25, 0.3) is 16.9 Å². The fourth-order valence-electron chi connectivity index (χ4n) is 3.98. The zero-order valence-electron chi connectivity index (χ0n) is 18.4. The lowest BCUT2D eigenvalue weighted by atomic mass is 10.1. The number of carbonyl (C=O) groups is 2. The largest absolute Gasteiger partial charge is 0.478 e. The van der Waals surface area contributed by atoms with Crippen LogP contribution in [-0.4, -0.2) is 28.2 Å². The Morgan fingerprint density at radius 2 is 1.55 bits per heavy atom. The monoisotopic (exact) mass is 439 g/mol. The first-order valence-corrected chi connectivity index (χ1v) is 10.9. The van der Waals surface area contributed by atoms with Crippen molar-refractivity contribution in [3.05, 3.63) is 113 Å². The number of ether oxygens (including phenoxy) is 1. The number of benzene rings is 3. The summed E-state index contributed by atoms with van der Waals surface area (Å²) in [5.74, 6) is -1.40. The molecule has 5 nitrogen and oxygen atoms in total. The molecule has 0 unspecified atom stereocenters. The molecule has 0 saturated heterocycles. The molecule has 0 spiro atoms. The minimum Gasteiger partial charge on any atom is -0.478 e. The van der Waals surface area contributed by atoms with Gasteiger partial charge in [-0.1, -0.05) is 66.7 Å². The van der Waals surface area contributed by atoms with Gasteiger partial charge in [0.1, 0.15) is 0 Å². The normalized spacial score (nSPS) is 10.7. The van der Waals surface area contributed by atoms with E-state index in [9.17, 15) is 14.7 Å². The number of aromatic carboxylic acids is 1. The molecule has 0 amide bonds. The first kappa shape index (κ1) is 22.1. The van der Waals surface area contributed by atoms with Crippen LogP contribution in [-0.2, 0) is 17.6 Å². The zero-order valence-corrected chi connectivity index (χ0v) is 18.4. The van der Waals surface area contributed by atoms with E-state index in [1.165, 1.54) is 5.56 Å². The first-order chi connectivity index (χ1) is 16.1. The van der Waals surface area contributed by atoms with Crippen LogP contribution < -0.4 is 0 Å². The van der Waals surface area contributed by atoms with Gasteiger partial charge < -0.3 is 14.4 Å². The summed E-state index contributed by atoms with van der Waals surface area (Å²) in [6.07, 6.45) is 1.44. The van der Waals surface area contributed by atoms with Gasteiger partial charge in [-0.3, -0.25) is 0 Å². The van der Waals surface area contributed by atoms with Crippen LogP contribution in [0.3, 0.4) is 0 Å². The molecule has 0 aliphatic heterocycles. The Morgan fingerprint density at radius 3 is 2.21 bits per heavy atom. The summed E-state index contributed by atoms with van der Waals surface area (Å²) in [5.41, 5.74) is 4.98. The van der Waals surface area contributed by atoms with Crippen molar-refractivity contribution in [3.63, 3.8) is 0 Å². The maximum Gasteiger partial charge on any atom is 0.340 e. The number of nitrogens with zero attached hydrogens (tertiary/aromatic N) is 1. The number of hydrogen-bond acceptors (Lipinski definition) is 3. The third-order valence-corrected chi connectivity index (χ3v) is 5.48. The summed E-state index contributed by atoms with van der Waals surface area (Å²) < 4.78 is 7.36. The molecule has 1 N–H and O–H groups in total. The minimum absolute atomic E-state index is 0.187. The van der Waals surface area contributed by atoms with Crippen LogP contribution in [0.2, 0.25) is 0 Å². The van der Waals surface area contributed by atoms with E-state index in [0.29, 0.717) is 23.4 Å². The highest BCUT2D eigenvalue weighted by molar-refractivity contribution is 5.98. The molecule has 0 saturated carbocycles. The Labute approximate surface area is 192 Å². The Balaban J connectivity index is 1.92. The smallest absolute Gasteiger partial charge is 0.340 e. The van der Waals surface area contributed by atoms with Crippen LogP contribution in [0.1, 0.15) is 38.9 Å². The number of esters is 1. The zero-order chi connectivity index (χ0) is 23.2. The number of hydrogen-bond donors (Lipinski definition) is 1. The van der Waals surface area contributed by atoms with E-state index in [1.807, 2.05) is 65.2 Å². The van der Waals surface area contributed by atoms with Crippen molar-refractivity contribution < 1.29 is 19.4 Å². The van der Waals surface area contributed by atoms with Crippen LogP contribution in [0, 0.1) is 0 Å². The third-order valence-electron chi connectivity index (χ3n) is 5.48. The Kier molecular flexibility index (Phi) is 6.69. The first-order valence-electron chi connectivity index (χ1n) is 10.9. The molecule has 1 heterocycles. The number of carboxylic acid groups (broad SMARTS) is 1. The topological polar surface area (TPSA) is 68.5 Å². The average molecular weight is 440 g/mol. The number of rotatable bonds is 8. The molecule has 4 rings (SSSR count). The van der Waals surface area contributed by atoms with Crippen LogP contribution in [0.5, 0.6) is 0 Å². The maximum atomic E-state index is 13.0. The Hall–Kier alpha value is -4.12. The third kappa shape index (κ3) is 4.88. The van der Waals surface area contributed by atoms with Gasteiger partial charge in [0, 0.05) is 11.4 Å². The van der Waals surface area contributed by atoms with E-state index in [2.05, 4.69) is 12.1 Å². The Bertz CT molecular complexity index is 1260. The minimum atomic E-state index is -0.998. The standard InChI is InChI=1S/C28H25NO4/c1-2-33-28(32)25-19-24(17-16-20-10-5-3-6-11-20)29(26(25)21-12-7-4-8-13-21)23-15-9-14-22(18-23)27(30)31/h3-15,18-19H,2,16-17H2,1H3,(H,30,31). The fourth-order valence-corrected chi connectivity index (χ4v) is 3.98. The number of aryl methyl sites for hydroxylation is 2. The molecule has 0 bridgehead atoms. The lowest BCUT2D eigenvalue weighted by Crippen LogP contribution is -2.08. The molecule has 0 aliphatic carbocycles. The number of aromatic nitrogens is 1. The van der Waals surface area contributed by atoms with Gasteiger partial charge >= 0.3 is 11.9 Å².